The van der Waals surface area contributed by atoms with E-state index in [1.54, 1.807) is 13.4 Å². The SMILES string of the molecule is COCC(=O)N1CCc2[nH]cnc2C12CCN(C(=O)C1CCCC1)CC2. The number of hydrogen-bond acceptors (Lipinski definition) is 4. The molecule has 1 aromatic heterocycles. The molecule has 1 saturated heterocycles. The molecular weight excluding hydrogens is 332 g/mol. The van der Waals surface area contributed by atoms with Crippen LogP contribution in [0.15, 0.2) is 6.33 Å². The lowest BCUT2D eigenvalue weighted by molar-refractivity contribution is -0.148. The van der Waals surface area contributed by atoms with Gasteiger partial charge in [0.2, 0.25) is 11.8 Å². The molecule has 7 nitrogen and oxygen atoms in total. The number of carbonyl (C=O) groups is 2. The summed E-state index contributed by atoms with van der Waals surface area (Å²) in [4.78, 5) is 37.3. The van der Waals surface area contributed by atoms with Gasteiger partial charge in [0.25, 0.3) is 0 Å². The molecule has 1 saturated carbocycles. The van der Waals surface area contributed by atoms with Crippen molar-refractivity contribution in [1.82, 2.24) is 19.8 Å². The molecule has 7 heteroatoms. The highest BCUT2D eigenvalue weighted by atomic mass is 16.5. The van der Waals surface area contributed by atoms with Crippen LogP contribution in [0.3, 0.4) is 0 Å². The van der Waals surface area contributed by atoms with Gasteiger partial charge >= 0.3 is 0 Å². The monoisotopic (exact) mass is 360 g/mol. The Morgan fingerprint density at radius 1 is 1.27 bits per heavy atom. The molecule has 3 heterocycles. The first-order valence-electron chi connectivity index (χ1n) is 9.76. The third-order valence-corrected chi connectivity index (χ3v) is 6.44. The number of nitrogens with zero attached hydrogens (tertiary/aromatic N) is 3. The molecule has 0 bridgehead atoms. The summed E-state index contributed by atoms with van der Waals surface area (Å²) >= 11 is 0. The van der Waals surface area contributed by atoms with Crippen LogP contribution in [-0.4, -0.2) is 64.9 Å². The molecule has 2 aliphatic heterocycles. The minimum atomic E-state index is -0.407. The number of amides is 2. The minimum absolute atomic E-state index is 0.0109. The Morgan fingerprint density at radius 3 is 2.69 bits per heavy atom. The van der Waals surface area contributed by atoms with Gasteiger partial charge in [-0.05, 0) is 25.7 Å². The van der Waals surface area contributed by atoms with Gasteiger partial charge in [-0.2, -0.15) is 0 Å². The molecule has 3 aliphatic rings. The van der Waals surface area contributed by atoms with E-state index in [0.29, 0.717) is 25.5 Å². The van der Waals surface area contributed by atoms with E-state index in [1.165, 1.54) is 12.8 Å². The number of aromatic amines is 1. The topological polar surface area (TPSA) is 78.5 Å². The van der Waals surface area contributed by atoms with Crippen molar-refractivity contribution in [2.24, 2.45) is 5.92 Å². The van der Waals surface area contributed by atoms with E-state index in [0.717, 1.165) is 43.5 Å². The summed E-state index contributed by atoms with van der Waals surface area (Å²) in [5, 5.41) is 0. The van der Waals surface area contributed by atoms with Gasteiger partial charge in [0.1, 0.15) is 6.61 Å². The van der Waals surface area contributed by atoms with Crippen molar-refractivity contribution in [3.63, 3.8) is 0 Å². The summed E-state index contributed by atoms with van der Waals surface area (Å²) in [6.07, 6.45) is 8.42. The van der Waals surface area contributed by atoms with Crippen molar-refractivity contribution in [2.45, 2.75) is 50.5 Å². The maximum atomic E-state index is 12.8. The Kier molecular flexibility index (Phi) is 4.73. The van der Waals surface area contributed by atoms with Gasteiger partial charge in [-0.25, -0.2) is 4.98 Å². The van der Waals surface area contributed by atoms with Crippen molar-refractivity contribution in [1.29, 1.82) is 0 Å². The lowest BCUT2D eigenvalue weighted by Crippen LogP contribution is -2.59. The van der Waals surface area contributed by atoms with Crippen molar-refractivity contribution in [3.8, 4) is 0 Å². The second-order valence-corrected chi connectivity index (χ2v) is 7.80. The zero-order chi connectivity index (χ0) is 18.1. The van der Waals surface area contributed by atoms with Gasteiger partial charge in [0.15, 0.2) is 0 Å². The number of imidazole rings is 1. The maximum Gasteiger partial charge on any atom is 0.249 e. The van der Waals surface area contributed by atoms with Crippen molar-refractivity contribution < 1.29 is 14.3 Å². The van der Waals surface area contributed by atoms with E-state index in [-0.39, 0.29) is 18.4 Å². The fourth-order valence-electron chi connectivity index (χ4n) is 5.08. The van der Waals surface area contributed by atoms with Crippen molar-refractivity contribution in [2.75, 3.05) is 33.4 Å². The van der Waals surface area contributed by atoms with Gasteiger partial charge in [-0.1, -0.05) is 12.8 Å². The normalized spacial score (nSPS) is 22.7. The van der Waals surface area contributed by atoms with Crippen LogP contribution in [-0.2, 0) is 26.3 Å². The average molecular weight is 360 g/mol. The highest BCUT2D eigenvalue weighted by Crippen LogP contribution is 2.43. The van der Waals surface area contributed by atoms with Gasteiger partial charge in [0.05, 0.1) is 17.6 Å². The number of H-pyrrole nitrogens is 1. The first-order chi connectivity index (χ1) is 12.7. The number of aromatic nitrogens is 2. The summed E-state index contributed by atoms with van der Waals surface area (Å²) < 4.78 is 5.10. The van der Waals surface area contributed by atoms with E-state index in [9.17, 15) is 9.59 Å². The molecule has 0 atom stereocenters. The lowest BCUT2D eigenvalue weighted by Gasteiger charge is -2.50. The molecule has 26 heavy (non-hydrogen) atoms. The quantitative estimate of drug-likeness (QED) is 0.885. The number of ether oxygens (including phenoxy) is 1. The summed E-state index contributed by atoms with van der Waals surface area (Å²) in [6, 6.07) is 0. The van der Waals surface area contributed by atoms with Crippen LogP contribution >= 0.6 is 0 Å². The molecular formula is C19H28N4O3. The van der Waals surface area contributed by atoms with Crippen LogP contribution in [0.4, 0.5) is 0 Å². The molecule has 4 rings (SSSR count). The van der Waals surface area contributed by atoms with E-state index in [1.807, 2.05) is 9.80 Å². The molecule has 1 aliphatic carbocycles. The number of hydrogen-bond donors (Lipinski definition) is 1. The molecule has 142 valence electrons. The summed E-state index contributed by atoms with van der Waals surface area (Å²) in [5.41, 5.74) is 1.71. The maximum absolute atomic E-state index is 12.8. The first kappa shape index (κ1) is 17.5. The Labute approximate surface area is 154 Å². The Hall–Kier alpha value is -1.89. The summed E-state index contributed by atoms with van der Waals surface area (Å²) in [5.74, 6) is 0.532. The van der Waals surface area contributed by atoms with Gasteiger partial charge < -0.3 is 19.5 Å². The number of piperidine rings is 1. The number of carbonyl (C=O) groups excluding carboxylic acids is 2. The molecule has 1 aromatic rings. The second kappa shape index (κ2) is 7.02. The predicted octanol–water partition coefficient (Wildman–Crippen LogP) is 1.45. The molecule has 2 amide bonds. The molecule has 2 fully saturated rings. The van der Waals surface area contributed by atoms with Crippen LogP contribution in [0.1, 0.15) is 49.9 Å². The highest BCUT2D eigenvalue weighted by molar-refractivity contribution is 5.80. The standard InChI is InChI=1S/C19H28N4O3/c1-26-12-16(24)23-9-6-15-17(21-13-20-15)19(23)7-10-22(11-8-19)18(25)14-4-2-3-5-14/h13-14H,2-12H2,1H3,(H,20,21). The number of rotatable bonds is 3. The molecule has 1 N–H and O–H groups in total. The average Bonchev–Trinajstić information content (AvgIpc) is 3.34. The first-order valence-corrected chi connectivity index (χ1v) is 9.76. The van der Waals surface area contributed by atoms with Gasteiger partial charge in [0, 0.05) is 44.8 Å². The molecule has 0 aromatic carbocycles. The van der Waals surface area contributed by atoms with E-state index < -0.39 is 5.54 Å². The number of nitrogens with one attached hydrogen (secondary N) is 1. The zero-order valence-corrected chi connectivity index (χ0v) is 15.5. The van der Waals surface area contributed by atoms with Crippen LogP contribution < -0.4 is 0 Å². The van der Waals surface area contributed by atoms with Crippen LogP contribution in [0, 0.1) is 5.92 Å². The molecule has 1 spiro atoms. The lowest BCUT2D eigenvalue weighted by atomic mass is 9.78. The molecule has 0 unspecified atom stereocenters. The van der Waals surface area contributed by atoms with Crippen molar-refractivity contribution in [3.05, 3.63) is 17.7 Å². The van der Waals surface area contributed by atoms with Gasteiger partial charge in [-0.3, -0.25) is 9.59 Å². The zero-order valence-electron chi connectivity index (χ0n) is 15.5. The van der Waals surface area contributed by atoms with Crippen LogP contribution in [0.25, 0.3) is 0 Å². The second-order valence-electron chi connectivity index (χ2n) is 7.80. The van der Waals surface area contributed by atoms with E-state index in [2.05, 4.69) is 9.97 Å². The number of fused-ring (bicyclic) bond motifs is 2. The Balaban J connectivity index is 1.55. The minimum Gasteiger partial charge on any atom is -0.375 e. The Morgan fingerprint density at radius 2 is 2.00 bits per heavy atom. The third kappa shape index (κ3) is 2.82. The smallest absolute Gasteiger partial charge is 0.249 e. The molecule has 0 radical (unpaired) electrons. The Bertz CT molecular complexity index is 672. The summed E-state index contributed by atoms with van der Waals surface area (Å²) in [6.45, 7) is 2.15. The van der Waals surface area contributed by atoms with Crippen LogP contribution in [0.2, 0.25) is 0 Å². The van der Waals surface area contributed by atoms with Crippen LogP contribution in [0.5, 0.6) is 0 Å². The fraction of sp³-hybridized carbons (Fsp3) is 0.737. The summed E-state index contributed by atoms with van der Waals surface area (Å²) in [7, 11) is 1.55. The van der Waals surface area contributed by atoms with Crippen molar-refractivity contribution >= 4 is 11.8 Å². The highest BCUT2D eigenvalue weighted by Gasteiger charge is 2.49. The predicted molar refractivity (Wildman–Crippen MR) is 95.3 cm³/mol. The van der Waals surface area contributed by atoms with E-state index in [4.69, 9.17) is 4.74 Å². The fourth-order valence-corrected chi connectivity index (χ4v) is 5.08. The third-order valence-electron chi connectivity index (χ3n) is 6.44. The number of likely N-dealkylation sites (tertiary alicyclic amines) is 1. The largest absolute Gasteiger partial charge is 0.375 e. The number of methoxy groups -OCH3 is 1. The van der Waals surface area contributed by atoms with Gasteiger partial charge in [-0.15, -0.1) is 0 Å². The van der Waals surface area contributed by atoms with E-state index >= 15 is 0 Å².